The van der Waals surface area contributed by atoms with E-state index in [1.165, 1.54) is 32.0 Å². The van der Waals surface area contributed by atoms with Crippen LogP contribution in [-0.2, 0) is 0 Å². The lowest BCUT2D eigenvalue weighted by Gasteiger charge is -2.20. The maximum atomic E-state index is 11.6. The monoisotopic (exact) mass is 321 g/mol. The van der Waals surface area contributed by atoms with Crippen LogP contribution in [0.1, 0.15) is 58.3 Å². The van der Waals surface area contributed by atoms with Crippen LogP contribution in [0.5, 0.6) is 0 Å². The molecule has 7 heteroatoms. The van der Waals surface area contributed by atoms with Crippen LogP contribution in [0, 0.1) is 10.1 Å². The second kappa shape index (κ2) is 8.64. The first-order valence-electron chi connectivity index (χ1n) is 8.60. The van der Waals surface area contributed by atoms with E-state index in [4.69, 9.17) is 0 Å². The SMILES string of the molecule is CCCCN(C)c1ncnc(NC2CCCCCC2)c1[N+](=O)[O-]. The minimum Gasteiger partial charge on any atom is -0.361 e. The summed E-state index contributed by atoms with van der Waals surface area (Å²) in [4.78, 5) is 21.4. The van der Waals surface area contributed by atoms with Crippen LogP contribution in [0.25, 0.3) is 0 Å². The Morgan fingerprint density at radius 2 is 2.00 bits per heavy atom. The molecule has 1 saturated carbocycles. The Labute approximate surface area is 137 Å². The van der Waals surface area contributed by atoms with Crippen molar-refractivity contribution < 1.29 is 4.92 Å². The zero-order chi connectivity index (χ0) is 16.7. The summed E-state index contributed by atoms with van der Waals surface area (Å²) in [5.41, 5.74) is -0.00431. The third kappa shape index (κ3) is 4.77. The maximum Gasteiger partial charge on any atom is 0.353 e. The third-order valence-electron chi connectivity index (χ3n) is 4.39. The van der Waals surface area contributed by atoms with E-state index < -0.39 is 0 Å². The van der Waals surface area contributed by atoms with Crippen molar-refractivity contribution in [1.82, 2.24) is 9.97 Å². The molecular formula is C16H27N5O2. The summed E-state index contributed by atoms with van der Waals surface area (Å²) in [7, 11) is 1.85. The van der Waals surface area contributed by atoms with Crippen LogP contribution in [0.4, 0.5) is 17.3 Å². The summed E-state index contributed by atoms with van der Waals surface area (Å²) in [6, 6.07) is 0.264. The van der Waals surface area contributed by atoms with Gasteiger partial charge in [-0.15, -0.1) is 0 Å². The molecule has 1 N–H and O–H groups in total. The number of hydrogen-bond donors (Lipinski definition) is 1. The predicted octanol–water partition coefficient (Wildman–Crippen LogP) is 3.76. The summed E-state index contributed by atoms with van der Waals surface area (Å²) in [6.45, 7) is 2.85. The summed E-state index contributed by atoms with van der Waals surface area (Å²) < 4.78 is 0. The Morgan fingerprint density at radius 1 is 1.30 bits per heavy atom. The molecule has 0 unspecified atom stereocenters. The van der Waals surface area contributed by atoms with Gasteiger partial charge in [-0.1, -0.05) is 39.0 Å². The molecule has 0 amide bonds. The maximum absolute atomic E-state index is 11.6. The van der Waals surface area contributed by atoms with Gasteiger partial charge in [0.05, 0.1) is 4.92 Å². The fourth-order valence-electron chi connectivity index (χ4n) is 3.04. The molecule has 1 fully saturated rings. The van der Waals surface area contributed by atoms with Crippen molar-refractivity contribution in [2.75, 3.05) is 23.8 Å². The van der Waals surface area contributed by atoms with Gasteiger partial charge in [-0.3, -0.25) is 10.1 Å². The summed E-state index contributed by atoms with van der Waals surface area (Å²) >= 11 is 0. The number of rotatable bonds is 7. The molecule has 0 spiro atoms. The first kappa shape index (κ1) is 17.4. The first-order chi connectivity index (χ1) is 11.1. The van der Waals surface area contributed by atoms with E-state index in [9.17, 15) is 10.1 Å². The highest BCUT2D eigenvalue weighted by Crippen LogP contribution is 2.33. The largest absolute Gasteiger partial charge is 0.361 e. The highest BCUT2D eigenvalue weighted by atomic mass is 16.6. The molecule has 2 rings (SSSR count). The van der Waals surface area contributed by atoms with Crippen molar-refractivity contribution in [1.29, 1.82) is 0 Å². The Morgan fingerprint density at radius 3 is 2.61 bits per heavy atom. The Hall–Kier alpha value is -1.92. The molecule has 23 heavy (non-hydrogen) atoms. The summed E-state index contributed by atoms with van der Waals surface area (Å²) in [5.74, 6) is 0.754. The zero-order valence-electron chi connectivity index (χ0n) is 14.1. The van der Waals surface area contributed by atoms with E-state index in [0.29, 0.717) is 11.6 Å². The van der Waals surface area contributed by atoms with Crippen molar-refractivity contribution in [3.63, 3.8) is 0 Å². The average molecular weight is 321 g/mol. The Bertz CT molecular complexity index is 515. The normalized spacial score (nSPS) is 15.9. The molecule has 0 saturated heterocycles. The molecule has 0 atom stereocenters. The third-order valence-corrected chi connectivity index (χ3v) is 4.39. The first-order valence-corrected chi connectivity index (χ1v) is 8.60. The van der Waals surface area contributed by atoms with Crippen molar-refractivity contribution in [2.45, 2.75) is 64.3 Å². The van der Waals surface area contributed by atoms with Gasteiger partial charge in [-0.2, -0.15) is 0 Å². The summed E-state index contributed by atoms with van der Waals surface area (Å²) in [6.07, 6.45) is 10.3. The molecule has 1 aromatic heterocycles. The van der Waals surface area contributed by atoms with Crippen LogP contribution in [-0.4, -0.2) is 34.5 Å². The molecule has 0 aliphatic heterocycles. The number of unbranched alkanes of at least 4 members (excludes halogenated alkanes) is 1. The van der Waals surface area contributed by atoms with Crippen LogP contribution < -0.4 is 10.2 Å². The fourth-order valence-corrected chi connectivity index (χ4v) is 3.04. The topological polar surface area (TPSA) is 84.2 Å². The lowest BCUT2D eigenvalue weighted by molar-refractivity contribution is -0.383. The smallest absolute Gasteiger partial charge is 0.353 e. The van der Waals surface area contributed by atoms with Crippen molar-refractivity contribution in [3.8, 4) is 0 Å². The average Bonchev–Trinajstić information content (AvgIpc) is 2.80. The van der Waals surface area contributed by atoms with Gasteiger partial charge in [-0.25, -0.2) is 9.97 Å². The van der Waals surface area contributed by atoms with Gasteiger partial charge in [0, 0.05) is 19.6 Å². The van der Waals surface area contributed by atoms with Gasteiger partial charge in [0.2, 0.25) is 11.6 Å². The van der Waals surface area contributed by atoms with Gasteiger partial charge < -0.3 is 10.2 Å². The Balaban J connectivity index is 2.22. The van der Waals surface area contributed by atoms with Gasteiger partial charge in [0.25, 0.3) is 0 Å². The number of aromatic nitrogens is 2. The number of nitrogens with one attached hydrogen (secondary N) is 1. The van der Waals surface area contributed by atoms with E-state index in [1.54, 1.807) is 0 Å². The van der Waals surface area contributed by atoms with Gasteiger partial charge in [0.15, 0.2) is 0 Å². The quantitative estimate of drug-likeness (QED) is 0.467. The second-order valence-electron chi connectivity index (χ2n) is 6.26. The Kier molecular flexibility index (Phi) is 6.55. The second-order valence-corrected chi connectivity index (χ2v) is 6.26. The molecule has 1 aromatic rings. The molecule has 7 nitrogen and oxygen atoms in total. The molecule has 0 radical (unpaired) electrons. The fraction of sp³-hybridized carbons (Fsp3) is 0.750. The van der Waals surface area contributed by atoms with E-state index >= 15 is 0 Å². The number of nitrogens with zero attached hydrogens (tertiary/aromatic N) is 4. The zero-order valence-corrected chi connectivity index (χ0v) is 14.1. The number of nitro groups is 1. The van der Waals surface area contributed by atoms with E-state index in [1.807, 2.05) is 11.9 Å². The van der Waals surface area contributed by atoms with Crippen molar-refractivity contribution >= 4 is 17.3 Å². The molecule has 1 aliphatic carbocycles. The van der Waals surface area contributed by atoms with Crippen LogP contribution in [0.15, 0.2) is 6.33 Å². The van der Waals surface area contributed by atoms with Gasteiger partial charge in [-0.05, 0) is 19.3 Å². The van der Waals surface area contributed by atoms with E-state index in [-0.39, 0.29) is 16.7 Å². The molecular weight excluding hydrogens is 294 g/mol. The van der Waals surface area contributed by atoms with Crippen molar-refractivity contribution in [3.05, 3.63) is 16.4 Å². The molecule has 1 aliphatic rings. The highest BCUT2D eigenvalue weighted by Gasteiger charge is 2.27. The lowest BCUT2D eigenvalue weighted by Crippen LogP contribution is -2.24. The van der Waals surface area contributed by atoms with Crippen LogP contribution >= 0.6 is 0 Å². The molecule has 128 valence electrons. The number of anilines is 2. The minimum absolute atomic E-state index is 0.00431. The predicted molar refractivity (Wildman–Crippen MR) is 92.0 cm³/mol. The van der Waals surface area contributed by atoms with E-state index in [2.05, 4.69) is 22.2 Å². The van der Waals surface area contributed by atoms with E-state index in [0.717, 1.165) is 32.2 Å². The molecule has 0 aromatic carbocycles. The standard InChI is InChI=1S/C16H27N5O2/c1-3-4-11-20(2)16-14(21(22)23)15(17-12-18-16)19-13-9-7-5-6-8-10-13/h12-13H,3-11H2,1-2H3,(H,17,18,19). The van der Waals surface area contributed by atoms with Crippen LogP contribution in [0.3, 0.4) is 0 Å². The molecule has 1 heterocycles. The lowest BCUT2D eigenvalue weighted by atomic mass is 10.1. The van der Waals surface area contributed by atoms with Crippen molar-refractivity contribution in [2.24, 2.45) is 0 Å². The highest BCUT2D eigenvalue weighted by molar-refractivity contribution is 5.70. The van der Waals surface area contributed by atoms with Crippen LogP contribution in [0.2, 0.25) is 0 Å². The molecule has 0 bridgehead atoms. The van der Waals surface area contributed by atoms with Gasteiger partial charge >= 0.3 is 5.69 Å². The minimum atomic E-state index is -0.364. The van der Waals surface area contributed by atoms with Gasteiger partial charge in [0.1, 0.15) is 6.33 Å². The summed E-state index contributed by atoms with van der Waals surface area (Å²) in [5, 5.41) is 14.9. The number of hydrogen-bond acceptors (Lipinski definition) is 6.